The molecule has 0 aromatic heterocycles. The van der Waals surface area contributed by atoms with E-state index < -0.39 is 10.0 Å². The van der Waals surface area contributed by atoms with Crippen LogP contribution in [0.1, 0.15) is 11.1 Å². The number of hydrogen-bond acceptors (Lipinski definition) is 2. The van der Waals surface area contributed by atoms with E-state index in [2.05, 4.69) is 4.40 Å². The van der Waals surface area contributed by atoms with Gasteiger partial charge in [0.1, 0.15) is 0 Å². The van der Waals surface area contributed by atoms with Crippen LogP contribution >= 0.6 is 0 Å². The Balaban J connectivity index is 2.66. The van der Waals surface area contributed by atoms with Crippen LogP contribution in [0.4, 0.5) is 0 Å². The van der Waals surface area contributed by atoms with Crippen molar-refractivity contribution in [2.24, 2.45) is 4.40 Å². The summed E-state index contributed by atoms with van der Waals surface area (Å²) in [6, 6.07) is 7.37. The summed E-state index contributed by atoms with van der Waals surface area (Å²) in [4.78, 5) is 0. The number of hydrogen-bond donors (Lipinski definition) is 0. The highest BCUT2D eigenvalue weighted by atomic mass is 32.2. The summed E-state index contributed by atoms with van der Waals surface area (Å²) < 4.78 is 25.6. The summed E-state index contributed by atoms with van der Waals surface area (Å²) in [7, 11) is -3.40. The Morgan fingerprint density at radius 1 is 1.08 bits per heavy atom. The second kappa shape index (κ2) is 2.81. The molecule has 4 heteroatoms. The van der Waals surface area contributed by atoms with Crippen LogP contribution in [0.15, 0.2) is 34.1 Å². The van der Waals surface area contributed by atoms with Crippen molar-refractivity contribution in [3.63, 3.8) is 0 Å². The minimum absolute atomic E-state index is 0.819. The fraction of sp³-hybridized carbons (Fsp3) is 0. The molecular formula is C9H7NO2S. The van der Waals surface area contributed by atoms with E-state index >= 15 is 0 Å². The topological polar surface area (TPSA) is 46.5 Å². The summed E-state index contributed by atoms with van der Waals surface area (Å²) in [6.45, 7) is 0. The van der Waals surface area contributed by atoms with Crippen LogP contribution in [-0.2, 0) is 10.0 Å². The molecule has 1 aliphatic rings. The Hall–Kier alpha value is -1.42. The smallest absolute Gasteiger partial charge is 0.200 e. The molecule has 0 aliphatic carbocycles. The Morgan fingerprint density at radius 2 is 1.77 bits per heavy atom. The molecule has 0 saturated heterocycles. The molecule has 0 amide bonds. The largest absolute Gasteiger partial charge is 0.275 e. The molecule has 0 radical (unpaired) electrons. The first-order valence-corrected chi connectivity index (χ1v) is 5.25. The van der Waals surface area contributed by atoms with Gasteiger partial charge < -0.3 is 0 Å². The monoisotopic (exact) mass is 193 g/mol. The molecule has 1 aromatic carbocycles. The van der Waals surface area contributed by atoms with Crippen LogP contribution in [0, 0.1) is 0 Å². The van der Waals surface area contributed by atoms with Crippen molar-refractivity contribution in [1.29, 1.82) is 0 Å². The maximum absolute atomic E-state index is 11.1. The Kier molecular flexibility index (Phi) is 1.77. The highest BCUT2D eigenvalue weighted by Crippen LogP contribution is 2.13. The lowest BCUT2D eigenvalue weighted by molar-refractivity contribution is 0.607. The summed E-state index contributed by atoms with van der Waals surface area (Å²) in [5, 5.41) is 1.11. The fourth-order valence-corrected chi connectivity index (χ4v) is 1.75. The summed E-state index contributed by atoms with van der Waals surface area (Å²) in [6.07, 6.45) is 2.92. The normalized spacial score (nSPS) is 17.8. The van der Waals surface area contributed by atoms with E-state index in [1.165, 1.54) is 6.21 Å². The minimum atomic E-state index is -3.40. The predicted octanol–water partition coefficient (Wildman–Crippen LogP) is 1.42. The Morgan fingerprint density at radius 3 is 2.54 bits per heavy atom. The van der Waals surface area contributed by atoms with Gasteiger partial charge in [-0.25, -0.2) is 0 Å². The number of fused-ring (bicyclic) bond motifs is 1. The lowest BCUT2D eigenvalue weighted by Gasteiger charge is -1.94. The van der Waals surface area contributed by atoms with Crippen molar-refractivity contribution < 1.29 is 8.42 Å². The molecule has 2 rings (SSSR count). The van der Waals surface area contributed by atoms with E-state index in [0.717, 1.165) is 16.5 Å². The zero-order chi connectivity index (χ0) is 9.31. The number of sulfonamides is 1. The van der Waals surface area contributed by atoms with E-state index in [9.17, 15) is 8.42 Å². The van der Waals surface area contributed by atoms with E-state index in [1.54, 1.807) is 6.08 Å². The summed E-state index contributed by atoms with van der Waals surface area (Å²) in [5.41, 5.74) is 1.69. The number of benzene rings is 1. The van der Waals surface area contributed by atoms with Crippen LogP contribution in [0.5, 0.6) is 0 Å². The van der Waals surface area contributed by atoms with Gasteiger partial charge in [0.2, 0.25) is 0 Å². The zero-order valence-corrected chi connectivity index (χ0v) is 7.53. The van der Waals surface area contributed by atoms with Crippen molar-refractivity contribution in [1.82, 2.24) is 0 Å². The highest BCUT2D eigenvalue weighted by Gasteiger charge is 2.06. The number of nitrogens with zero attached hydrogens (tertiary/aromatic N) is 1. The average Bonchev–Trinajstić information content (AvgIpc) is 2.27. The molecule has 0 spiro atoms. The Bertz CT molecular complexity index is 447. The van der Waals surface area contributed by atoms with Gasteiger partial charge in [0, 0.05) is 11.8 Å². The van der Waals surface area contributed by atoms with Gasteiger partial charge in [-0.15, -0.1) is 0 Å². The van der Waals surface area contributed by atoms with Gasteiger partial charge >= 0.3 is 0 Å². The van der Waals surface area contributed by atoms with Crippen molar-refractivity contribution >= 4 is 22.3 Å². The van der Waals surface area contributed by atoms with Crippen LogP contribution in [0.2, 0.25) is 0 Å². The second-order valence-corrected chi connectivity index (χ2v) is 4.19. The third-order valence-electron chi connectivity index (χ3n) is 1.75. The molecule has 3 nitrogen and oxygen atoms in total. The standard InChI is InChI=1S/C9H7NO2S/c11-13(12)6-5-8-3-1-2-4-9(8)7-10-13/h1-7H. The molecule has 0 atom stereocenters. The molecule has 0 fully saturated rings. The molecule has 0 N–H and O–H groups in total. The van der Waals surface area contributed by atoms with Gasteiger partial charge in [-0.2, -0.15) is 12.8 Å². The molecule has 13 heavy (non-hydrogen) atoms. The molecule has 0 saturated carbocycles. The zero-order valence-electron chi connectivity index (χ0n) is 6.71. The minimum Gasteiger partial charge on any atom is -0.200 e. The lowest BCUT2D eigenvalue weighted by atomic mass is 10.1. The van der Waals surface area contributed by atoms with Crippen LogP contribution < -0.4 is 0 Å². The van der Waals surface area contributed by atoms with Gasteiger partial charge in [-0.3, -0.25) is 0 Å². The first-order valence-electron chi connectivity index (χ1n) is 3.75. The molecular weight excluding hydrogens is 186 g/mol. The van der Waals surface area contributed by atoms with Crippen LogP contribution in [0.25, 0.3) is 6.08 Å². The van der Waals surface area contributed by atoms with Crippen molar-refractivity contribution in [2.75, 3.05) is 0 Å². The van der Waals surface area contributed by atoms with Crippen molar-refractivity contribution in [2.45, 2.75) is 0 Å². The SMILES string of the molecule is O=S1(=O)C=Cc2ccccc2C=N1. The second-order valence-electron chi connectivity index (χ2n) is 2.68. The molecule has 1 heterocycles. The fourth-order valence-electron chi connectivity index (χ4n) is 1.10. The van der Waals surface area contributed by atoms with E-state index in [4.69, 9.17) is 0 Å². The van der Waals surface area contributed by atoms with Crippen LogP contribution in [-0.4, -0.2) is 14.6 Å². The van der Waals surface area contributed by atoms with E-state index in [1.807, 2.05) is 24.3 Å². The first kappa shape index (κ1) is 8.19. The molecule has 66 valence electrons. The quantitative estimate of drug-likeness (QED) is 0.625. The third-order valence-corrected chi connectivity index (χ3v) is 2.63. The van der Waals surface area contributed by atoms with Gasteiger partial charge in [0.25, 0.3) is 10.0 Å². The van der Waals surface area contributed by atoms with E-state index in [0.29, 0.717) is 0 Å². The maximum atomic E-state index is 11.1. The molecule has 0 bridgehead atoms. The van der Waals surface area contributed by atoms with E-state index in [-0.39, 0.29) is 0 Å². The molecule has 1 aliphatic heterocycles. The average molecular weight is 193 g/mol. The third kappa shape index (κ3) is 1.67. The van der Waals surface area contributed by atoms with Gasteiger partial charge in [-0.1, -0.05) is 24.3 Å². The maximum Gasteiger partial charge on any atom is 0.275 e. The van der Waals surface area contributed by atoms with Crippen LogP contribution in [0.3, 0.4) is 0 Å². The highest BCUT2D eigenvalue weighted by molar-refractivity contribution is 7.93. The first-order chi connectivity index (χ1) is 6.17. The molecule has 1 aromatic rings. The van der Waals surface area contributed by atoms with Gasteiger partial charge in [0.05, 0.1) is 5.41 Å². The van der Waals surface area contributed by atoms with Gasteiger partial charge in [-0.05, 0) is 11.6 Å². The lowest BCUT2D eigenvalue weighted by Crippen LogP contribution is -1.87. The van der Waals surface area contributed by atoms with Crippen molar-refractivity contribution in [3.8, 4) is 0 Å². The summed E-state index contributed by atoms with van der Waals surface area (Å²) >= 11 is 0. The van der Waals surface area contributed by atoms with Crippen molar-refractivity contribution in [3.05, 3.63) is 40.8 Å². The predicted molar refractivity (Wildman–Crippen MR) is 52.0 cm³/mol. The molecule has 0 unspecified atom stereocenters. The summed E-state index contributed by atoms with van der Waals surface area (Å²) in [5.74, 6) is 0. The van der Waals surface area contributed by atoms with Gasteiger partial charge in [0.15, 0.2) is 0 Å². The number of rotatable bonds is 0. The Labute approximate surface area is 76.5 Å².